The van der Waals surface area contributed by atoms with Crippen LogP contribution in [-0.2, 0) is 0 Å². The van der Waals surface area contributed by atoms with Gasteiger partial charge in [-0.05, 0) is 31.4 Å². The average Bonchev–Trinajstić information content (AvgIpc) is 2.31. The van der Waals surface area contributed by atoms with Crippen molar-refractivity contribution in [1.29, 1.82) is 0 Å². The zero-order chi connectivity index (χ0) is 11.4. The molecule has 92 valence electrons. The maximum atomic E-state index is 12.0. The summed E-state index contributed by atoms with van der Waals surface area (Å²) in [6, 6.07) is 0.554. The van der Waals surface area contributed by atoms with Gasteiger partial charge in [0.2, 0.25) is 0 Å². The number of carbonyl (C=O) groups is 1. The van der Waals surface area contributed by atoms with E-state index in [2.05, 4.69) is 17.3 Å². The highest BCUT2D eigenvalue weighted by Gasteiger charge is 2.22. The van der Waals surface area contributed by atoms with Crippen molar-refractivity contribution in [2.24, 2.45) is 0 Å². The second kappa shape index (κ2) is 5.77. The molecular weight excluding hydrogens is 222 g/mol. The Balaban J connectivity index is 1.74. The minimum absolute atomic E-state index is 0.144. The van der Waals surface area contributed by atoms with Gasteiger partial charge in [0.05, 0.1) is 0 Å². The fourth-order valence-corrected chi connectivity index (χ4v) is 3.22. The third kappa shape index (κ3) is 3.28. The van der Waals surface area contributed by atoms with E-state index < -0.39 is 0 Å². The molecule has 0 saturated carbocycles. The molecule has 2 amide bonds. The molecule has 0 aromatic heterocycles. The molecule has 2 aliphatic rings. The molecule has 2 saturated heterocycles. The number of nitrogens with zero attached hydrogens (tertiary/aromatic N) is 2. The van der Waals surface area contributed by atoms with Crippen molar-refractivity contribution in [3.63, 3.8) is 0 Å². The number of piperazine rings is 1. The number of rotatable bonds is 1. The number of carbonyl (C=O) groups excluding carboxylic acids is 1. The number of amides is 2. The van der Waals surface area contributed by atoms with E-state index in [9.17, 15) is 4.79 Å². The minimum Gasteiger partial charge on any atom is -0.335 e. The van der Waals surface area contributed by atoms with Crippen molar-refractivity contribution in [3.8, 4) is 0 Å². The second-order valence-electron chi connectivity index (χ2n) is 4.63. The van der Waals surface area contributed by atoms with Gasteiger partial charge in [0.15, 0.2) is 0 Å². The molecule has 0 radical (unpaired) electrons. The summed E-state index contributed by atoms with van der Waals surface area (Å²) in [6.07, 6.45) is 2.26. The first-order valence-electron chi connectivity index (χ1n) is 6.07. The van der Waals surface area contributed by atoms with Gasteiger partial charge in [-0.1, -0.05) is 0 Å². The Kier molecular flexibility index (Phi) is 4.35. The minimum atomic E-state index is 0.144. The molecule has 4 nitrogen and oxygen atoms in total. The molecule has 2 heterocycles. The van der Waals surface area contributed by atoms with E-state index in [1.807, 2.05) is 16.7 Å². The van der Waals surface area contributed by atoms with Gasteiger partial charge in [0, 0.05) is 32.2 Å². The van der Waals surface area contributed by atoms with Gasteiger partial charge in [0.1, 0.15) is 0 Å². The SMILES string of the molecule is CN1CCN(C(=O)NC2CCSCC2)CC1. The first-order valence-corrected chi connectivity index (χ1v) is 7.23. The quantitative estimate of drug-likeness (QED) is 0.741. The summed E-state index contributed by atoms with van der Waals surface area (Å²) in [4.78, 5) is 16.2. The molecule has 0 aliphatic carbocycles. The molecule has 5 heteroatoms. The van der Waals surface area contributed by atoms with Crippen LogP contribution in [0.25, 0.3) is 0 Å². The highest BCUT2D eigenvalue weighted by atomic mass is 32.2. The number of hydrogen-bond donors (Lipinski definition) is 1. The van der Waals surface area contributed by atoms with Crippen LogP contribution in [0.15, 0.2) is 0 Å². The molecule has 0 aromatic rings. The van der Waals surface area contributed by atoms with E-state index in [-0.39, 0.29) is 6.03 Å². The molecular formula is C11H21N3OS. The van der Waals surface area contributed by atoms with Crippen LogP contribution in [0.5, 0.6) is 0 Å². The van der Waals surface area contributed by atoms with Crippen molar-refractivity contribution in [3.05, 3.63) is 0 Å². The van der Waals surface area contributed by atoms with E-state index in [0.717, 1.165) is 39.0 Å². The van der Waals surface area contributed by atoms with Crippen LogP contribution in [-0.4, -0.2) is 66.6 Å². The summed E-state index contributed by atoms with van der Waals surface area (Å²) in [5.41, 5.74) is 0. The zero-order valence-electron chi connectivity index (χ0n) is 9.95. The molecule has 2 fully saturated rings. The second-order valence-corrected chi connectivity index (χ2v) is 5.85. The predicted molar refractivity (Wildman–Crippen MR) is 67.9 cm³/mol. The summed E-state index contributed by atoms with van der Waals surface area (Å²) in [5, 5.41) is 3.16. The van der Waals surface area contributed by atoms with E-state index >= 15 is 0 Å². The monoisotopic (exact) mass is 243 g/mol. The fraction of sp³-hybridized carbons (Fsp3) is 0.909. The predicted octanol–water partition coefficient (Wildman–Crippen LogP) is 0.839. The van der Waals surface area contributed by atoms with E-state index in [1.165, 1.54) is 11.5 Å². The molecule has 0 bridgehead atoms. The summed E-state index contributed by atoms with van der Waals surface area (Å²) in [6.45, 7) is 3.72. The van der Waals surface area contributed by atoms with Gasteiger partial charge in [-0.25, -0.2) is 4.79 Å². The Labute approximate surface area is 102 Å². The van der Waals surface area contributed by atoms with E-state index in [0.29, 0.717) is 6.04 Å². The summed E-state index contributed by atoms with van der Waals surface area (Å²) < 4.78 is 0. The van der Waals surface area contributed by atoms with E-state index in [1.54, 1.807) is 0 Å². The number of nitrogens with one attached hydrogen (secondary N) is 1. The number of urea groups is 1. The Hall–Kier alpha value is -0.420. The Morgan fingerprint density at radius 2 is 1.81 bits per heavy atom. The lowest BCUT2D eigenvalue weighted by Gasteiger charge is -2.34. The Bertz CT molecular complexity index is 235. The molecule has 0 aromatic carbocycles. The van der Waals surface area contributed by atoms with Crippen molar-refractivity contribution < 1.29 is 4.79 Å². The third-order valence-corrected chi connectivity index (χ3v) is 4.39. The molecule has 2 rings (SSSR count). The molecule has 1 N–H and O–H groups in total. The maximum absolute atomic E-state index is 12.0. The standard InChI is InChI=1S/C11H21N3OS/c1-13-4-6-14(7-5-13)11(15)12-10-2-8-16-9-3-10/h10H,2-9H2,1H3,(H,12,15). The molecule has 2 aliphatic heterocycles. The Morgan fingerprint density at radius 3 is 2.44 bits per heavy atom. The zero-order valence-corrected chi connectivity index (χ0v) is 10.8. The lowest BCUT2D eigenvalue weighted by Crippen LogP contribution is -2.53. The average molecular weight is 243 g/mol. The summed E-state index contributed by atoms with van der Waals surface area (Å²) in [7, 11) is 2.10. The summed E-state index contributed by atoms with van der Waals surface area (Å²) in [5.74, 6) is 2.38. The van der Waals surface area contributed by atoms with Gasteiger partial charge in [-0.2, -0.15) is 11.8 Å². The number of likely N-dealkylation sites (N-methyl/N-ethyl adjacent to an activating group) is 1. The van der Waals surface area contributed by atoms with Crippen LogP contribution in [0.4, 0.5) is 4.79 Å². The lowest BCUT2D eigenvalue weighted by atomic mass is 10.1. The Morgan fingerprint density at radius 1 is 1.19 bits per heavy atom. The van der Waals surface area contributed by atoms with Crippen LogP contribution in [0.3, 0.4) is 0 Å². The smallest absolute Gasteiger partial charge is 0.317 e. The molecule has 0 spiro atoms. The first-order chi connectivity index (χ1) is 7.75. The highest BCUT2D eigenvalue weighted by Crippen LogP contribution is 2.17. The van der Waals surface area contributed by atoms with Gasteiger partial charge in [-0.3, -0.25) is 0 Å². The molecule has 0 unspecified atom stereocenters. The van der Waals surface area contributed by atoms with Gasteiger partial charge >= 0.3 is 6.03 Å². The van der Waals surface area contributed by atoms with Crippen LogP contribution >= 0.6 is 11.8 Å². The van der Waals surface area contributed by atoms with E-state index in [4.69, 9.17) is 0 Å². The van der Waals surface area contributed by atoms with Crippen molar-refractivity contribution in [2.45, 2.75) is 18.9 Å². The topological polar surface area (TPSA) is 35.6 Å². The van der Waals surface area contributed by atoms with Crippen LogP contribution in [0.1, 0.15) is 12.8 Å². The molecule has 0 atom stereocenters. The largest absolute Gasteiger partial charge is 0.335 e. The van der Waals surface area contributed by atoms with Gasteiger partial charge in [0.25, 0.3) is 0 Å². The molecule has 16 heavy (non-hydrogen) atoms. The number of hydrogen-bond acceptors (Lipinski definition) is 3. The lowest BCUT2D eigenvalue weighted by molar-refractivity contribution is 0.151. The van der Waals surface area contributed by atoms with Gasteiger partial charge < -0.3 is 15.1 Å². The third-order valence-electron chi connectivity index (χ3n) is 3.34. The highest BCUT2D eigenvalue weighted by molar-refractivity contribution is 7.99. The summed E-state index contributed by atoms with van der Waals surface area (Å²) >= 11 is 1.99. The van der Waals surface area contributed by atoms with Crippen molar-refractivity contribution >= 4 is 17.8 Å². The van der Waals surface area contributed by atoms with Crippen LogP contribution in [0, 0.1) is 0 Å². The fourth-order valence-electron chi connectivity index (χ4n) is 2.12. The normalized spacial score (nSPS) is 24.4. The maximum Gasteiger partial charge on any atom is 0.317 e. The number of thioether (sulfide) groups is 1. The first kappa shape index (κ1) is 12.0. The van der Waals surface area contributed by atoms with Crippen molar-refractivity contribution in [2.75, 3.05) is 44.7 Å². The van der Waals surface area contributed by atoms with Crippen LogP contribution in [0.2, 0.25) is 0 Å². The van der Waals surface area contributed by atoms with Gasteiger partial charge in [-0.15, -0.1) is 0 Å². The van der Waals surface area contributed by atoms with Crippen molar-refractivity contribution in [1.82, 2.24) is 15.1 Å². The van der Waals surface area contributed by atoms with Crippen LogP contribution < -0.4 is 5.32 Å².